The van der Waals surface area contributed by atoms with Gasteiger partial charge in [0, 0.05) is 13.5 Å². The summed E-state index contributed by atoms with van der Waals surface area (Å²) in [6, 6.07) is 17.1. The average molecular weight is 294 g/mol. The van der Waals surface area contributed by atoms with Crippen molar-refractivity contribution in [3.8, 4) is 0 Å². The molecule has 1 aliphatic rings. The van der Waals surface area contributed by atoms with Gasteiger partial charge in [0.2, 0.25) is 0 Å². The van der Waals surface area contributed by atoms with Crippen LogP contribution in [0.2, 0.25) is 0 Å². The van der Waals surface area contributed by atoms with Crippen LogP contribution in [-0.4, -0.2) is 23.9 Å². The van der Waals surface area contributed by atoms with Crippen LogP contribution in [0.15, 0.2) is 54.6 Å². The Hall–Kier alpha value is -2.62. The maximum Gasteiger partial charge on any atom is 0.325 e. The second-order valence-electron chi connectivity index (χ2n) is 5.73. The summed E-state index contributed by atoms with van der Waals surface area (Å²) in [6.07, 6.45) is 0.436. The summed E-state index contributed by atoms with van der Waals surface area (Å²) < 4.78 is 0. The van der Waals surface area contributed by atoms with Crippen LogP contribution >= 0.6 is 0 Å². The molecule has 0 aromatic heterocycles. The van der Waals surface area contributed by atoms with Crippen LogP contribution in [0.3, 0.4) is 0 Å². The molecule has 0 saturated carbocycles. The SMILES string of the molecule is Cc1ccc(C2(Cc3ccccc3)NC(=O)N(C)C2=O)cc1. The largest absolute Gasteiger partial charge is 0.325 e. The molecular formula is C18H18N2O2. The molecule has 0 spiro atoms. The van der Waals surface area contributed by atoms with Crippen LogP contribution in [0, 0.1) is 6.92 Å². The first kappa shape index (κ1) is 14.3. The summed E-state index contributed by atoms with van der Waals surface area (Å²) in [5, 5.41) is 2.89. The lowest BCUT2D eigenvalue weighted by molar-refractivity contribution is -0.130. The van der Waals surface area contributed by atoms with E-state index in [9.17, 15) is 9.59 Å². The van der Waals surface area contributed by atoms with Gasteiger partial charge >= 0.3 is 6.03 Å². The number of amides is 3. The minimum atomic E-state index is -1.03. The van der Waals surface area contributed by atoms with E-state index >= 15 is 0 Å². The van der Waals surface area contributed by atoms with Gasteiger partial charge in [-0.15, -0.1) is 0 Å². The molecule has 0 bridgehead atoms. The quantitative estimate of drug-likeness (QED) is 0.885. The second kappa shape index (κ2) is 5.30. The Morgan fingerprint density at radius 1 is 1.00 bits per heavy atom. The van der Waals surface area contributed by atoms with Crippen molar-refractivity contribution in [2.24, 2.45) is 0 Å². The van der Waals surface area contributed by atoms with E-state index in [0.29, 0.717) is 6.42 Å². The maximum absolute atomic E-state index is 12.8. The summed E-state index contributed by atoms with van der Waals surface area (Å²) >= 11 is 0. The van der Waals surface area contributed by atoms with E-state index in [2.05, 4.69) is 5.32 Å². The van der Waals surface area contributed by atoms with Crippen molar-refractivity contribution in [2.75, 3.05) is 7.05 Å². The smallest absolute Gasteiger partial charge is 0.319 e. The molecule has 22 heavy (non-hydrogen) atoms. The van der Waals surface area contributed by atoms with Gasteiger partial charge in [-0.1, -0.05) is 60.2 Å². The molecule has 1 N–H and O–H groups in total. The van der Waals surface area contributed by atoms with E-state index < -0.39 is 5.54 Å². The normalized spacial score (nSPS) is 21.1. The van der Waals surface area contributed by atoms with Crippen LogP contribution in [-0.2, 0) is 16.8 Å². The minimum Gasteiger partial charge on any atom is -0.319 e. The summed E-state index contributed by atoms with van der Waals surface area (Å²) in [5.41, 5.74) is 1.90. The Morgan fingerprint density at radius 3 is 2.18 bits per heavy atom. The third-order valence-electron chi connectivity index (χ3n) is 4.15. The number of carbonyl (C=O) groups is 2. The van der Waals surface area contributed by atoms with Gasteiger partial charge in [0.05, 0.1) is 0 Å². The molecule has 3 amide bonds. The Balaban J connectivity index is 2.09. The monoisotopic (exact) mass is 294 g/mol. The lowest BCUT2D eigenvalue weighted by Gasteiger charge is -2.27. The van der Waals surface area contributed by atoms with E-state index in [1.165, 1.54) is 7.05 Å². The van der Waals surface area contributed by atoms with Crippen molar-refractivity contribution < 1.29 is 9.59 Å². The van der Waals surface area contributed by atoms with Gasteiger partial charge in [-0.3, -0.25) is 9.69 Å². The number of carbonyl (C=O) groups excluding carboxylic acids is 2. The molecule has 2 aromatic rings. The molecule has 1 fully saturated rings. The number of hydrogen-bond donors (Lipinski definition) is 1. The van der Waals surface area contributed by atoms with E-state index in [-0.39, 0.29) is 11.9 Å². The van der Waals surface area contributed by atoms with E-state index in [1.807, 2.05) is 61.5 Å². The number of nitrogens with one attached hydrogen (secondary N) is 1. The molecule has 1 saturated heterocycles. The van der Waals surface area contributed by atoms with Gasteiger partial charge in [0.1, 0.15) is 0 Å². The van der Waals surface area contributed by atoms with Crippen molar-refractivity contribution in [3.05, 3.63) is 71.3 Å². The summed E-state index contributed by atoms with van der Waals surface area (Å²) in [4.78, 5) is 26.0. The number of imide groups is 1. The molecule has 4 heteroatoms. The fourth-order valence-electron chi connectivity index (χ4n) is 2.86. The van der Waals surface area contributed by atoms with Crippen LogP contribution in [0.25, 0.3) is 0 Å². The van der Waals surface area contributed by atoms with E-state index in [1.54, 1.807) is 0 Å². The van der Waals surface area contributed by atoms with Crippen LogP contribution in [0.5, 0.6) is 0 Å². The van der Waals surface area contributed by atoms with Crippen molar-refractivity contribution in [3.63, 3.8) is 0 Å². The Bertz CT molecular complexity index is 710. The number of rotatable bonds is 3. The van der Waals surface area contributed by atoms with Crippen molar-refractivity contribution in [1.82, 2.24) is 10.2 Å². The molecule has 0 aliphatic carbocycles. The molecule has 0 radical (unpaired) electrons. The topological polar surface area (TPSA) is 49.4 Å². The lowest BCUT2D eigenvalue weighted by Crippen LogP contribution is -2.45. The molecule has 1 unspecified atom stereocenters. The van der Waals surface area contributed by atoms with Gasteiger partial charge in [-0.25, -0.2) is 4.79 Å². The third kappa shape index (κ3) is 2.26. The number of hydrogen-bond acceptors (Lipinski definition) is 2. The van der Waals surface area contributed by atoms with E-state index in [0.717, 1.165) is 21.6 Å². The highest BCUT2D eigenvalue weighted by Gasteiger charge is 2.50. The van der Waals surface area contributed by atoms with Crippen molar-refractivity contribution >= 4 is 11.9 Å². The Labute approximate surface area is 129 Å². The van der Waals surface area contributed by atoms with Gasteiger partial charge in [-0.2, -0.15) is 0 Å². The summed E-state index contributed by atoms with van der Waals surface area (Å²) in [7, 11) is 1.51. The zero-order valence-corrected chi connectivity index (χ0v) is 12.7. The average Bonchev–Trinajstić information content (AvgIpc) is 2.74. The van der Waals surface area contributed by atoms with Gasteiger partial charge in [0.15, 0.2) is 5.54 Å². The first-order valence-electron chi connectivity index (χ1n) is 7.24. The summed E-state index contributed by atoms with van der Waals surface area (Å²) in [5.74, 6) is -0.217. The van der Waals surface area contributed by atoms with Crippen LogP contribution in [0.4, 0.5) is 4.79 Å². The highest BCUT2D eigenvalue weighted by Crippen LogP contribution is 2.32. The van der Waals surface area contributed by atoms with Crippen molar-refractivity contribution in [1.29, 1.82) is 0 Å². The summed E-state index contributed by atoms with van der Waals surface area (Å²) in [6.45, 7) is 1.99. The molecule has 112 valence electrons. The predicted octanol–water partition coefficient (Wildman–Crippen LogP) is 2.61. The van der Waals surface area contributed by atoms with Crippen molar-refractivity contribution in [2.45, 2.75) is 18.9 Å². The minimum absolute atomic E-state index is 0.217. The number of likely N-dealkylation sites (N-methyl/N-ethyl adjacent to an activating group) is 1. The number of benzene rings is 2. The standard InChI is InChI=1S/C18H18N2O2/c1-13-8-10-15(11-9-13)18(12-14-6-4-3-5-7-14)16(21)20(2)17(22)19-18/h3-11H,12H2,1-2H3,(H,19,22). The van der Waals surface area contributed by atoms with Gasteiger partial charge in [-0.05, 0) is 18.1 Å². The molecular weight excluding hydrogens is 276 g/mol. The predicted molar refractivity (Wildman–Crippen MR) is 84.3 cm³/mol. The highest BCUT2D eigenvalue weighted by atomic mass is 16.2. The highest BCUT2D eigenvalue weighted by molar-refractivity contribution is 6.07. The van der Waals surface area contributed by atoms with E-state index in [4.69, 9.17) is 0 Å². The number of nitrogens with zero attached hydrogens (tertiary/aromatic N) is 1. The Kier molecular flexibility index (Phi) is 3.45. The number of urea groups is 1. The van der Waals surface area contributed by atoms with Crippen LogP contribution in [0.1, 0.15) is 16.7 Å². The molecule has 3 rings (SSSR count). The fourth-order valence-corrected chi connectivity index (χ4v) is 2.86. The molecule has 4 nitrogen and oxygen atoms in total. The fraction of sp³-hybridized carbons (Fsp3) is 0.222. The first-order chi connectivity index (χ1) is 10.5. The lowest BCUT2D eigenvalue weighted by atomic mass is 9.83. The van der Waals surface area contributed by atoms with Crippen LogP contribution < -0.4 is 5.32 Å². The maximum atomic E-state index is 12.8. The Morgan fingerprint density at radius 2 is 1.64 bits per heavy atom. The molecule has 1 heterocycles. The zero-order valence-electron chi connectivity index (χ0n) is 12.7. The zero-order chi connectivity index (χ0) is 15.7. The molecule has 1 atom stereocenters. The number of aryl methyl sites for hydroxylation is 1. The van der Waals surface area contributed by atoms with Gasteiger partial charge in [0.25, 0.3) is 5.91 Å². The molecule has 2 aromatic carbocycles. The van der Waals surface area contributed by atoms with Gasteiger partial charge < -0.3 is 5.32 Å². The third-order valence-corrected chi connectivity index (χ3v) is 4.15. The molecule has 1 aliphatic heterocycles. The first-order valence-corrected chi connectivity index (χ1v) is 7.24. The second-order valence-corrected chi connectivity index (χ2v) is 5.73.